The zero-order valence-corrected chi connectivity index (χ0v) is 14.1. The van der Waals surface area contributed by atoms with Gasteiger partial charge in [-0.25, -0.2) is 0 Å². The molecular weight excluding hydrogens is 294 g/mol. The summed E-state index contributed by atoms with van der Waals surface area (Å²) in [5, 5.41) is 1.99. The van der Waals surface area contributed by atoms with Crippen LogP contribution in [0.25, 0.3) is 0 Å². The summed E-state index contributed by atoms with van der Waals surface area (Å²) in [6.45, 7) is 10.9. The third kappa shape index (κ3) is 5.12. The van der Waals surface area contributed by atoms with Gasteiger partial charge in [-0.3, -0.25) is 0 Å². The topological polar surface area (TPSA) is 3.24 Å². The molecule has 1 atom stereocenters. The van der Waals surface area contributed by atoms with Gasteiger partial charge >= 0.3 is 0 Å². The van der Waals surface area contributed by atoms with Crippen molar-refractivity contribution in [1.29, 1.82) is 0 Å². The maximum absolute atomic E-state index is 3.79. The smallest absolute Gasteiger partial charge is 0.0147 e. The van der Waals surface area contributed by atoms with E-state index in [9.17, 15) is 0 Å². The van der Waals surface area contributed by atoms with Crippen molar-refractivity contribution in [3.8, 4) is 0 Å². The van der Waals surface area contributed by atoms with Crippen LogP contribution in [-0.2, 0) is 0 Å². The zero-order chi connectivity index (χ0) is 12.7. The highest BCUT2D eigenvalue weighted by Crippen LogP contribution is 2.34. The molecule has 0 aliphatic carbocycles. The normalized spacial score (nSPS) is 22.9. The van der Waals surface area contributed by atoms with Crippen molar-refractivity contribution in [3.05, 3.63) is 0 Å². The van der Waals surface area contributed by atoms with Crippen LogP contribution in [0.2, 0.25) is 0 Å². The average Bonchev–Trinajstić information content (AvgIpc) is 2.29. The first-order valence-corrected chi connectivity index (χ1v) is 9.22. The molecule has 1 aliphatic rings. The molecular formula is C14H28BrNS. The van der Waals surface area contributed by atoms with Gasteiger partial charge in [0, 0.05) is 36.0 Å². The molecule has 1 unspecified atom stereocenters. The van der Waals surface area contributed by atoms with Crippen LogP contribution in [0.15, 0.2) is 0 Å². The van der Waals surface area contributed by atoms with Gasteiger partial charge < -0.3 is 4.90 Å². The second-order valence-corrected chi connectivity index (χ2v) is 7.66. The first-order valence-electron chi connectivity index (χ1n) is 7.05. The number of thioether (sulfide) groups is 1. The molecule has 1 rings (SSSR count). The number of rotatable bonds is 7. The minimum atomic E-state index is 0.519. The van der Waals surface area contributed by atoms with Crippen molar-refractivity contribution in [1.82, 2.24) is 4.90 Å². The summed E-state index contributed by atoms with van der Waals surface area (Å²) < 4.78 is 0. The van der Waals surface area contributed by atoms with Gasteiger partial charge in [-0.15, -0.1) is 0 Å². The van der Waals surface area contributed by atoms with Crippen LogP contribution >= 0.6 is 27.7 Å². The number of nitrogens with zero attached hydrogens (tertiary/aromatic N) is 1. The standard InChI is InChI=1S/C14H28BrNS/c1-4-6-14(11-15,7-5-2)12-16-8-9-17-13(3)10-16/h13H,4-12H2,1-3H3. The molecule has 0 saturated carbocycles. The van der Waals surface area contributed by atoms with Gasteiger partial charge in [0.05, 0.1) is 0 Å². The van der Waals surface area contributed by atoms with E-state index in [1.807, 2.05) is 0 Å². The molecule has 1 nitrogen and oxygen atoms in total. The van der Waals surface area contributed by atoms with Crippen LogP contribution in [0.5, 0.6) is 0 Å². The predicted molar refractivity (Wildman–Crippen MR) is 84.4 cm³/mol. The van der Waals surface area contributed by atoms with E-state index in [-0.39, 0.29) is 0 Å². The molecule has 0 amide bonds. The largest absolute Gasteiger partial charge is 0.301 e. The van der Waals surface area contributed by atoms with Gasteiger partial charge in [0.15, 0.2) is 0 Å². The van der Waals surface area contributed by atoms with Crippen molar-refractivity contribution in [3.63, 3.8) is 0 Å². The van der Waals surface area contributed by atoms with E-state index in [1.165, 1.54) is 56.4 Å². The summed E-state index contributed by atoms with van der Waals surface area (Å²) in [6, 6.07) is 0. The lowest BCUT2D eigenvalue weighted by Gasteiger charge is -2.40. The van der Waals surface area contributed by atoms with Crippen LogP contribution in [0.3, 0.4) is 0 Å². The molecule has 1 aliphatic heterocycles. The monoisotopic (exact) mass is 321 g/mol. The van der Waals surface area contributed by atoms with E-state index >= 15 is 0 Å². The molecule has 1 saturated heterocycles. The Morgan fingerprint density at radius 1 is 1.29 bits per heavy atom. The van der Waals surface area contributed by atoms with E-state index in [1.54, 1.807) is 0 Å². The van der Waals surface area contributed by atoms with Crippen molar-refractivity contribution < 1.29 is 0 Å². The Kier molecular flexibility index (Phi) is 7.51. The third-order valence-electron chi connectivity index (χ3n) is 3.73. The first kappa shape index (κ1) is 15.8. The molecule has 0 aromatic heterocycles. The van der Waals surface area contributed by atoms with Gasteiger partial charge in [0.1, 0.15) is 0 Å². The van der Waals surface area contributed by atoms with Crippen LogP contribution in [0.1, 0.15) is 46.5 Å². The Bertz CT molecular complexity index is 204. The van der Waals surface area contributed by atoms with Gasteiger partial charge in [0.25, 0.3) is 0 Å². The Morgan fingerprint density at radius 3 is 2.41 bits per heavy atom. The molecule has 1 heterocycles. The van der Waals surface area contributed by atoms with E-state index in [0.717, 1.165) is 5.25 Å². The third-order valence-corrected chi connectivity index (χ3v) is 6.05. The summed E-state index contributed by atoms with van der Waals surface area (Å²) in [5.74, 6) is 1.32. The van der Waals surface area contributed by atoms with Crippen molar-refractivity contribution in [2.24, 2.45) is 5.41 Å². The lowest BCUT2D eigenvalue weighted by atomic mass is 9.80. The lowest BCUT2D eigenvalue weighted by molar-refractivity contribution is 0.151. The Morgan fingerprint density at radius 2 is 1.94 bits per heavy atom. The lowest BCUT2D eigenvalue weighted by Crippen LogP contribution is -2.44. The minimum absolute atomic E-state index is 0.519. The predicted octanol–water partition coefficient (Wildman–Crippen LogP) is 4.41. The van der Waals surface area contributed by atoms with Gasteiger partial charge in [-0.1, -0.05) is 49.5 Å². The van der Waals surface area contributed by atoms with Gasteiger partial charge in [-0.05, 0) is 18.3 Å². The van der Waals surface area contributed by atoms with E-state index in [0.29, 0.717) is 5.41 Å². The minimum Gasteiger partial charge on any atom is -0.301 e. The molecule has 0 radical (unpaired) electrons. The Hall–Kier alpha value is 0.790. The second kappa shape index (κ2) is 8.06. The molecule has 1 fully saturated rings. The van der Waals surface area contributed by atoms with Gasteiger partial charge in [-0.2, -0.15) is 11.8 Å². The number of hydrogen-bond donors (Lipinski definition) is 0. The van der Waals surface area contributed by atoms with Crippen molar-refractivity contribution >= 4 is 27.7 Å². The fourth-order valence-electron chi connectivity index (χ4n) is 3.03. The molecule has 0 aromatic rings. The highest BCUT2D eigenvalue weighted by Gasteiger charge is 2.31. The fourth-order valence-corrected chi connectivity index (χ4v) is 4.85. The number of halogens is 1. The number of hydrogen-bond acceptors (Lipinski definition) is 2. The molecule has 0 N–H and O–H groups in total. The summed E-state index contributed by atoms with van der Waals surface area (Å²) in [4.78, 5) is 2.70. The highest BCUT2D eigenvalue weighted by atomic mass is 79.9. The molecule has 102 valence electrons. The number of alkyl halides is 1. The molecule has 0 aromatic carbocycles. The quantitative estimate of drug-likeness (QED) is 0.639. The van der Waals surface area contributed by atoms with E-state index in [4.69, 9.17) is 0 Å². The zero-order valence-electron chi connectivity index (χ0n) is 11.7. The fraction of sp³-hybridized carbons (Fsp3) is 1.00. The molecule has 3 heteroatoms. The molecule has 0 spiro atoms. The average molecular weight is 322 g/mol. The van der Waals surface area contributed by atoms with E-state index in [2.05, 4.69) is 53.4 Å². The maximum atomic E-state index is 3.79. The van der Waals surface area contributed by atoms with Crippen LogP contribution in [0.4, 0.5) is 0 Å². The Labute approximate surface area is 120 Å². The van der Waals surface area contributed by atoms with E-state index < -0.39 is 0 Å². The van der Waals surface area contributed by atoms with Crippen LogP contribution < -0.4 is 0 Å². The van der Waals surface area contributed by atoms with Crippen molar-refractivity contribution in [2.75, 3.05) is 30.7 Å². The first-order chi connectivity index (χ1) is 8.15. The second-order valence-electron chi connectivity index (χ2n) is 5.55. The highest BCUT2D eigenvalue weighted by molar-refractivity contribution is 9.09. The summed E-state index contributed by atoms with van der Waals surface area (Å²) in [5.41, 5.74) is 0.519. The Balaban J connectivity index is 2.57. The summed E-state index contributed by atoms with van der Waals surface area (Å²) >= 11 is 5.91. The molecule has 17 heavy (non-hydrogen) atoms. The van der Waals surface area contributed by atoms with Gasteiger partial charge in [0.2, 0.25) is 0 Å². The van der Waals surface area contributed by atoms with Crippen LogP contribution in [0, 0.1) is 5.41 Å². The summed E-state index contributed by atoms with van der Waals surface area (Å²) in [6.07, 6.45) is 5.35. The van der Waals surface area contributed by atoms with Crippen LogP contribution in [-0.4, -0.2) is 40.9 Å². The maximum Gasteiger partial charge on any atom is 0.0147 e. The summed E-state index contributed by atoms with van der Waals surface area (Å²) in [7, 11) is 0. The van der Waals surface area contributed by atoms with Crippen molar-refractivity contribution in [2.45, 2.75) is 51.7 Å². The SMILES string of the molecule is CCCC(CBr)(CCC)CN1CCSC(C)C1. The molecule has 0 bridgehead atoms.